The monoisotopic (exact) mass is 394 g/mol. The van der Waals surface area contributed by atoms with Crippen LogP contribution in [0.25, 0.3) is 0 Å². The van der Waals surface area contributed by atoms with Crippen molar-refractivity contribution in [1.82, 2.24) is 4.98 Å². The Hall–Kier alpha value is -1.39. The average Bonchev–Trinajstić information content (AvgIpc) is 3.54. The van der Waals surface area contributed by atoms with Crippen molar-refractivity contribution in [1.29, 1.82) is 0 Å². The Balaban J connectivity index is 0. The van der Waals surface area contributed by atoms with Gasteiger partial charge in [-0.05, 0) is 49.8 Å². The zero-order chi connectivity index (χ0) is 21.2. The second kappa shape index (κ2) is 18.0. The van der Waals surface area contributed by atoms with Gasteiger partial charge in [-0.3, -0.25) is 5.14 Å². The number of pyridine rings is 1. The van der Waals surface area contributed by atoms with Gasteiger partial charge in [-0.15, -0.1) is 0 Å². The number of nitrogens with zero attached hydrogens (tertiary/aromatic N) is 1. The van der Waals surface area contributed by atoms with E-state index >= 15 is 0 Å². The third kappa shape index (κ3) is 16.5. The maximum absolute atomic E-state index is 12.0. The van der Waals surface area contributed by atoms with Crippen LogP contribution in [0.5, 0.6) is 0 Å². The molecule has 1 aliphatic carbocycles. The molecule has 0 amide bonds. The molecule has 2 aromatic rings. The molecule has 0 saturated heterocycles. The molecule has 0 spiro atoms. The van der Waals surface area contributed by atoms with Crippen LogP contribution >= 0.6 is 11.9 Å². The van der Waals surface area contributed by atoms with Gasteiger partial charge in [0.15, 0.2) is 0 Å². The fraction of sp³-hybridized carbons (Fsp3) is 0.522. The van der Waals surface area contributed by atoms with E-state index in [1.54, 1.807) is 6.07 Å². The Labute approximate surface area is 171 Å². The second-order valence-corrected chi connectivity index (χ2v) is 7.24. The van der Waals surface area contributed by atoms with Crippen LogP contribution < -0.4 is 5.14 Å². The molecule has 3 rings (SSSR count). The molecule has 1 heterocycles. The minimum absolute atomic E-state index is 0.421. The Morgan fingerprint density at radius 1 is 0.926 bits per heavy atom. The lowest BCUT2D eigenvalue weighted by Crippen LogP contribution is -1.90. The summed E-state index contributed by atoms with van der Waals surface area (Å²) in [5, 5.41) is 5.67. The molecule has 154 valence electrons. The van der Waals surface area contributed by atoms with E-state index in [4.69, 9.17) is 5.14 Å². The van der Waals surface area contributed by atoms with Crippen molar-refractivity contribution in [2.45, 2.75) is 79.4 Å². The van der Waals surface area contributed by atoms with Crippen LogP contribution in [-0.2, 0) is 0 Å². The second-order valence-electron chi connectivity index (χ2n) is 6.03. The van der Waals surface area contributed by atoms with Gasteiger partial charge < -0.3 is 0 Å². The first-order chi connectivity index (χ1) is 12.9. The highest BCUT2D eigenvalue weighted by Crippen LogP contribution is 2.39. The van der Waals surface area contributed by atoms with Crippen molar-refractivity contribution in [3.8, 4) is 0 Å². The summed E-state index contributed by atoms with van der Waals surface area (Å²) in [5.74, 6) is 0.483. The molecule has 2 nitrogen and oxygen atoms in total. The van der Waals surface area contributed by atoms with E-state index in [1.807, 2.05) is 34.6 Å². The van der Waals surface area contributed by atoms with E-state index in [-0.39, 0.29) is 0 Å². The molecule has 1 aromatic heterocycles. The van der Waals surface area contributed by atoms with E-state index in [0.29, 0.717) is 5.25 Å². The molecule has 0 atom stereocenters. The summed E-state index contributed by atoms with van der Waals surface area (Å²) in [4.78, 5) is 3.41. The fourth-order valence-electron chi connectivity index (χ4n) is 1.71. The first kappa shape index (κ1) is 27.8. The number of benzene rings is 1. The van der Waals surface area contributed by atoms with Crippen LogP contribution in [0.2, 0.25) is 0 Å². The summed E-state index contributed by atoms with van der Waals surface area (Å²) < 4.78 is 12.0. The Morgan fingerprint density at radius 3 is 1.67 bits per heavy atom. The van der Waals surface area contributed by atoms with Crippen LogP contribution in [0.1, 0.15) is 77.0 Å². The van der Waals surface area contributed by atoms with Crippen LogP contribution in [0.4, 0.5) is 4.39 Å². The van der Waals surface area contributed by atoms with Crippen molar-refractivity contribution >= 4 is 11.9 Å². The number of hydrogen-bond acceptors (Lipinski definition) is 3. The summed E-state index contributed by atoms with van der Waals surface area (Å²) in [6.45, 7) is 16.1. The van der Waals surface area contributed by atoms with Gasteiger partial charge in [0.1, 0.15) is 0 Å². The molecular weight excluding hydrogens is 355 g/mol. The zero-order valence-electron chi connectivity index (χ0n) is 18.4. The number of nitrogens with two attached hydrogens (primary N) is 1. The number of aromatic nitrogens is 1. The van der Waals surface area contributed by atoms with Gasteiger partial charge in [-0.25, -0.2) is 4.98 Å². The maximum Gasteiger partial charge on any atom is 0.212 e. The van der Waals surface area contributed by atoms with Crippen molar-refractivity contribution < 1.29 is 4.39 Å². The van der Waals surface area contributed by atoms with Gasteiger partial charge in [0, 0.05) is 11.4 Å². The van der Waals surface area contributed by atoms with Crippen molar-refractivity contribution in [3.05, 3.63) is 65.2 Å². The largest absolute Gasteiger partial charge is 0.278 e. The minimum Gasteiger partial charge on any atom is -0.278 e. The summed E-state index contributed by atoms with van der Waals surface area (Å²) >= 11 is 1.38. The molecule has 2 N–H and O–H groups in total. The van der Waals surface area contributed by atoms with Gasteiger partial charge in [0.25, 0.3) is 0 Å². The van der Waals surface area contributed by atoms with Crippen LogP contribution in [0.3, 0.4) is 0 Å². The smallest absolute Gasteiger partial charge is 0.212 e. The molecule has 4 heteroatoms. The molecular formula is C23H39FN2S. The number of aryl methyl sites for hydroxylation is 2. The molecule has 1 aliphatic rings. The SMILES string of the molecule is CC.CC.CC(C)SN.Cc1ccc(C2CC2)cc1.Cc1ccc(F)nc1. The summed E-state index contributed by atoms with van der Waals surface area (Å²) in [5.41, 5.74) is 3.88. The lowest BCUT2D eigenvalue weighted by atomic mass is 10.1. The Kier molecular flexibility index (Phi) is 18.5. The van der Waals surface area contributed by atoms with E-state index in [1.165, 1.54) is 48.2 Å². The van der Waals surface area contributed by atoms with E-state index in [0.717, 1.165) is 11.5 Å². The van der Waals surface area contributed by atoms with Crippen molar-refractivity contribution in [2.75, 3.05) is 0 Å². The van der Waals surface area contributed by atoms with E-state index in [2.05, 4.69) is 50.0 Å². The first-order valence-electron chi connectivity index (χ1n) is 9.92. The molecule has 1 fully saturated rings. The van der Waals surface area contributed by atoms with E-state index < -0.39 is 5.95 Å². The summed E-state index contributed by atoms with van der Waals surface area (Å²) in [6, 6.07) is 11.9. The summed E-state index contributed by atoms with van der Waals surface area (Å²) in [7, 11) is 0. The maximum atomic E-state index is 12.0. The standard InChI is InChI=1S/C10H12.C6H6FN.C3H9NS.2C2H6/c1-8-2-4-9(5-3-8)10-6-7-10;1-5-2-3-6(7)8-4-5;1-3(2)5-4;2*1-2/h2-5,10H,6-7H2,1H3;2-4H,1H3;3H,4H2,1-2H3;2*1-2H3. The van der Waals surface area contributed by atoms with Crippen LogP contribution in [-0.4, -0.2) is 10.2 Å². The summed E-state index contributed by atoms with van der Waals surface area (Å²) in [6.07, 6.45) is 4.31. The lowest BCUT2D eigenvalue weighted by Gasteiger charge is -1.96. The van der Waals surface area contributed by atoms with Crippen LogP contribution in [0.15, 0.2) is 42.6 Å². The highest BCUT2D eigenvalue weighted by Gasteiger charge is 2.22. The first-order valence-corrected chi connectivity index (χ1v) is 10.9. The quantitative estimate of drug-likeness (QED) is 0.424. The molecule has 0 aliphatic heterocycles. The predicted octanol–water partition coefficient (Wildman–Crippen LogP) is 7.46. The van der Waals surface area contributed by atoms with Gasteiger partial charge in [0.2, 0.25) is 5.95 Å². The number of hydrogen-bond donors (Lipinski definition) is 1. The van der Waals surface area contributed by atoms with Gasteiger partial charge in [-0.2, -0.15) is 4.39 Å². The predicted molar refractivity (Wildman–Crippen MR) is 122 cm³/mol. The molecule has 0 radical (unpaired) electrons. The molecule has 0 unspecified atom stereocenters. The fourth-order valence-corrected chi connectivity index (χ4v) is 1.71. The molecule has 0 bridgehead atoms. The third-order valence-electron chi connectivity index (χ3n) is 3.27. The Morgan fingerprint density at radius 2 is 1.37 bits per heavy atom. The highest BCUT2D eigenvalue weighted by atomic mass is 32.2. The normalized spacial score (nSPS) is 11.4. The molecule has 1 saturated carbocycles. The average molecular weight is 395 g/mol. The number of rotatable bonds is 2. The van der Waals surface area contributed by atoms with Gasteiger partial charge in [0.05, 0.1) is 0 Å². The van der Waals surface area contributed by atoms with Crippen molar-refractivity contribution in [2.24, 2.45) is 5.14 Å². The van der Waals surface area contributed by atoms with Gasteiger partial charge in [-0.1, -0.05) is 89.4 Å². The third-order valence-corrected chi connectivity index (χ3v) is 3.82. The Bertz CT molecular complexity index is 529. The zero-order valence-corrected chi connectivity index (χ0v) is 19.2. The molecule has 1 aromatic carbocycles. The minimum atomic E-state index is -0.421. The van der Waals surface area contributed by atoms with E-state index in [9.17, 15) is 4.39 Å². The molecule has 27 heavy (non-hydrogen) atoms. The highest BCUT2D eigenvalue weighted by molar-refractivity contribution is 7.97. The van der Waals surface area contributed by atoms with Crippen molar-refractivity contribution in [3.63, 3.8) is 0 Å². The lowest BCUT2D eigenvalue weighted by molar-refractivity contribution is 0.583. The number of halogens is 1. The van der Waals surface area contributed by atoms with Gasteiger partial charge >= 0.3 is 0 Å². The topological polar surface area (TPSA) is 38.9 Å². The van der Waals surface area contributed by atoms with Crippen LogP contribution in [0, 0.1) is 19.8 Å².